The molecule has 3 rings (SSSR count). The Kier molecular flexibility index (Phi) is 8.24. The van der Waals surface area contributed by atoms with Crippen molar-refractivity contribution in [3.63, 3.8) is 0 Å². The van der Waals surface area contributed by atoms with E-state index in [2.05, 4.69) is 20.7 Å². The smallest absolute Gasteiger partial charge is 0.258 e. The number of carbonyl (C=O) groups is 1. The molecule has 0 saturated carbocycles. The summed E-state index contributed by atoms with van der Waals surface area (Å²) in [5, 5.41) is 10.2. The van der Waals surface area contributed by atoms with Gasteiger partial charge in [0.05, 0.1) is 25.5 Å². The van der Waals surface area contributed by atoms with E-state index in [4.69, 9.17) is 9.47 Å². The summed E-state index contributed by atoms with van der Waals surface area (Å²) in [5.41, 5.74) is 3.61. The first-order chi connectivity index (χ1) is 16.3. The van der Waals surface area contributed by atoms with E-state index in [1.54, 1.807) is 35.0 Å². The lowest BCUT2D eigenvalue weighted by atomic mass is 10.2. The third kappa shape index (κ3) is 6.12. The van der Waals surface area contributed by atoms with Gasteiger partial charge < -0.3 is 14.8 Å². The second-order valence-electron chi connectivity index (χ2n) is 7.55. The van der Waals surface area contributed by atoms with Crippen molar-refractivity contribution in [3.8, 4) is 11.5 Å². The van der Waals surface area contributed by atoms with Gasteiger partial charge in [-0.25, -0.2) is 9.38 Å². The number of aryl methyl sites for hydroxylation is 2. The molecule has 0 fully saturated rings. The molecular weight excluding hydrogens is 437 g/mol. The van der Waals surface area contributed by atoms with Gasteiger partial charge in [-0.1, -0.05) is 6.07 Å². The number of nitrogens with zero attached hydrogens (tertiary/aromatic N) is 3. The number of guanidine groups is 1. The van der Waals surface area contributed by atoms with Gasteiger partial charge in [-0.15, -0.1) is 0 Å². The molecule has 0 atom stereocenters. The van der Waals surface area contributed by atoms with Crippen LogP contribution in [0.5, 0.6) is 11.5 Å². The molecule has 0 saturated heterocycles. The van der Waals surface area contributed by atoms with E-state index >= 15 is 0 Å². The number of carbonyl (C=O) groups excluding carboxylic acids is 1. The fourth-order valence-electron chi connectivity index (χ4n) is 3.39. The number of hydrogen-bond acceptors (Lipinski definition) is 5. The molecule has 180 valence electrons. The third-order valence-electron chi connectivity index (χ3n) is 5.18. The van der Waals surface area contributed by atoms with Crippen molar-refractivity contribution in [2.24, 2.45) is 12.0 Å². The number of benzene rings is 2. The van der Waals surface area contributed by atoms with Crippen LogP contribution in [0.2, 0.25) is 0 Å². The maximum Gasteiger partial charge on any atom is 0.258 e. The Bertz CT molecular complexity index is 1190. The maximum atomic E-state index is 13.7. The van der Waals surface area contributed by atoms with Crippen molar-refractivity contribution in [1.82, 2.24) is 15.1 Å². The molecule has 8 nitrogen and oxygen atoms in total. The lowest BCUT2D eigenvalue weighted by Crippen LogP contribution is -2.36. The van der Waals surface area contributed by atoms with Gasteiger partial charge in [0.2, 0.25) is 5.96 Å². The molecule has 2 aromatic carbocycles. The predicted octanol–water partition coefficient (Wildman–Crippen LogP) is 4.37. The van der Waals surface area contributed by atoms with Crippen LogP contribution < -0.4 is 20.1 Å². The number of ether oxygens (including phenoxy) is 2. The van der Waals surface area contributed by atoms with E-state index < -0.39 is 11.7 Å². The van der Waals surface area contributed by atoms with Crippen molar-refractivity contribution in [1.29, 1.82) is 0 Å². The largest absolute Gasteiger partial charge is 0.490 e. The number of aliphatic imine (C=N–C) groups is 1. The molecule has 0 radical (unpaired) electrons. The molecule has 0 bridgehead atoms. The Balaban J connectivity index is 1.88. The van der Waals surface area contributed by atoms with Crippen molar-refractivity contribution in [2.45, 2.75) is 34.2 Å². The summed E-state index contributed by atoms with van der Waals surface area (Å²) >= 11 is 0. The van der Waals surface area contributed by atoms with Crippen LogP contribution in [-0.2, 0) is 13.6 Å². The van der Waals surface area contributed by atoms with Gasteiger partial charge >= 0.3 is 0 Å². The van der Waals surface area contributed by atoms with E-state index in [1.807, 2.05) is 34.7 Å². The maximum absolute atomic E-state index is 13.7. The molecular formula is C25H30FN5O3. The normalized spacial score (nSPS) is 11.3. The Morgan fingerprint density at radius 1 is 1.09 bits per heavy atom. The van der Waals surface area contributed by atoms with E-state index in [0.29, 0.717) is 36.0 Å². The zero-order valence-corrected chi connectivity index (χ0v) is 20.1. The second kappa shape index (κ2) is 11.3. The standard InChI is InChI=1S/C25H30FN5O3/c1-6-33-22-12-11-18(13-23(22)34-7-2)24(32)29-25(28-20-10-8-9-19(26)14-20)27-15-21-16(3)30-31(5)17(21)4/h8-14H,6-7,15H2,1-5H3,(H2,27,28,29,32). The van der Waals surface area contributed by atoms with Crippen LogP contribution in [0.25, 0.3) is 0 Å². The Morgan fingerprint density at radius 3 is 2.47 bits per heavy atom. The quantitative estimate of drug-likeness (QED) is 0.379. The van der Waals surface area contributed by atoms with E-state index in [1.165, 1.54) is 12.1 Å². The molecule has 9 heteroatoms. The van der Waals surface area contributed by atoms with E-state index in [0.717, 1.165) is 17.0 Å². The van der Waals surface area contributed by atoms with Crippen molar-refractivity contribution in [2.75, 3.05) is 18.5 Å². The Morgan fingerprint density at radius 2 is 1.82 bits per heavy atom. The van der Waals surface area contributed by atoms with Crippen LogP contribution >= 0.6 is 0 Å². The minimum atomic E-state index is -0.400. The summed E-state index contributed by atoms with van der Waals surface area (Å²) in [5.74, 6) is 0.435. The Labute approximate surface area is 198 Å². The van der Waals surface area contributed by atoms with Gasteiger partial charge in [0.15, 0.2) is 11.5 Å². The number of amides is 1. The lowest BCUT2D eigenvalue weighted by Gasteiger charge is -2.14. The second-order valence-corrected chi connectivity index (χ2v) is 7.55. The summed E-state index contributed by atoms with van der Waals surface area (Å²) < 4.78 is 26.7. The molecule has 1 amide bonds. The van der Waals surface area contributed by atoms with Crippen LogP contribution in [0.3, 0.4) is 0 Å². The average molecular weight is 468 g/mol. The van der Waals surface area contributed by atoms with Crippen LogP contribution in [0.4, 0.5) is 10.1 Å². The minimum absolute atomic E-state index is 0.185. The minimum Gasteiger partial charge on any atom is -0.490 e. The molecule has 0 aliphatic rings. The fraction of sp³-hybridized carbons (Fsp3) is 0.320. The molecule has 0 spiro atoms. The summed E-state index contributed by atoms with van der Waals surface area (Å²) in [4.78, 5) is 17.6. The van der Waals surface area contributed by atoms with Crippen molar-refractivity contribution < 1.29 is 18.7 Å². The number of halogens is 1. The SMILES string of the molecule is CCOc1ccc(C(=O)NC(=NCc2c(C)nn(C)c2C)Nc2cccc(F)c2)cc1OCC. The van der Waals surface area contributed by atoms with Crippen LogP contribution in [0.15, 0.2) is 47.5 Å². The highest BCUT2D eigenvalue weighted by molar-refractivity contribution is 6.10. The number of aromatic nitrogens is 2. The molecule has 0 unspecified atom stereocenters. The monoisotopic (exact) mass is 467 g/mol. The molecule has 0 aliphatic heterocycles. The first-order valence-electron chi connectivity index (χ1n) is 11.1. The van der Waals surface area contributed by atoms with Gasteiger partial charge in [-0.2, -0.15) is 5.10 Å². The molecule has 2 N–H and O–H groups in total. The van der Waals surface area contributed by atoms with Crippen LogP contribution in [-0.4, -0.2) is 34.9 Å². The predicted molar refractivity (Wildman–Crippen MR) is 130 cm³/mol. The summed E-state index contributed by atoms with van der Waals surface area (Å²) in [6.45, 7) is 8.80. The first kappa shape index (κ1) is 24.8. The summed E-state index contributed by atoms with van der Waals surface area (Å²) in [7, 11) is 1.87. The van der Waals surface area contributed by atoms with Gasteiger partial charge in [-0.05, 0) is 64.1 Å². The number of nitrogens with one attached hydrogen (secondary N) is 2. The molecule has 0 aliphatic carbocycles. The van der Waals surface area contributed by atoms with Crippen LogP contribution in [0, 0.1) is 19.7 Å². The molecule has 3 aromatic rings. The van der Waals surface area contributed by atoms with Gasteiger partial charge in [0.1, 0.15) is 5.82 Å². The van der Waals surface area contributed by atoms with E-state index in [9.17, 15) is 9.18 Å². The highest BCUT2D eigenvalue weighted by Crippen LogP contribution is 2.28. The molecule has 34 heavy (non-hydrogen) atoms. The highest BCUT2D eigenvalue weighted by Gasteiger charge is 2.15. The topological polar surface area (TPSA) is 89.8 Å². The van der Waals surface area contributed by atoms with Crippen LogP contribution in [0.1, 0.15) is 41.2 Å². The number of rotatable bonds is 8. The summed E-state index contributed by atoms with van der Waals surface area (Å²) in [6.07, 6.45) is 0. The average Bonchev–Trinajstić information content (AvgIpc) is 3.04. The molecule has 1 heterocycles. The third-order valence-corrected chi connectivity index (χ3v) is 5.18. The highest BCUT2D eigenvalue weighted by atomic mass is 19.1. The van der Waals surface area contributed by atoms with Crippen molar-refractivity contribution in [3.05, 3.63) is 70.8 Å². The Hall–Kier alpha value is -3.88. The number of anilines is 1. The summed E-state index contributed by atoms with van der Waals surface area (Å²) in [6, 6.07) is 10.9. The first-order valence-corrected chi connectivity index (χ1v) is 11.1. The molecule has 1 aromatic heterocycles. The zero-order chi connectivity index (χ0) is 24.7. The zero-order valence-electron chi connectivity index (χ0n) is 20.1. The van der Waals surface area contributed by atoms with Crippen molar-refractivity contribution >= 4 is 17.6 Å². The number of hydrogen-bond donors (Lipinski definition) is 2. The lowest BCUT2D eigenvalue weighted by molar-refractivity contribution is 0.0976. The van der Waals surface area contributed by atoms with Gasteiger partial charge in [0, 0.05) is 29.6 Å². The van der Waals surface area contributed by atoms with E-state index in [-0.39, 0.29) is 12.5 Å². The van der Waals surface area contributed by atoms with Gasteiger partial charge in [0.25, 0.3) is 5.91 Å². The van der Waals surface area contributed by atoms with Gasteiger partial charge in [-0.3, -0.25) is 14.8 Å². The fourth-order valence-corrected chi connectivity index (χ4v) is 3.39.